The fraction of sp³-hybridized carbons (Fsp3) is 0.389. The maximum atomic E-state index is 10.9. The molecule has 1 aliphatic rings. The molecule has 0 amide bonds. The molecule has 0 aliphatic carbocycles. The van der Waals surface area contributed by atoms with Crippen molar-refractivity contribution in [3.05, 3.63) is 57.3 Å². The lowest BCUT2D eigenvalue weighted by Gasteiger charge is -2.37. The van der Waals surface area contributed by atoms with Gasteiger partial charge in [0.05, 0.1) is 4.92 Å². The van der Waals surface area contributed by atoms with Gasteiger partial charge in [0, 0.05) is 49.2 Å². The molecule has 0 saturated carbocycles. The van der Waals surface area contributed by atoms with Crippen molar-refractivity contribution in [1.29, 1.82) is 0 Å². The number of nitrogens with zero attached hydrogens (tertiary/aromatic N) is 4. The predicted molar refractivity (Wildman–Crippen MR) is 96.0 cm³/mol. The molecule has 24 heavy (non-hydrogen) atoms. The van der Waals surface area contributed by atoms with E-state index in [0.717, 1.165) is 43.4 Å². The molecule has 1 saturated heterocycles. The Balaban J connectivity index is 1.71. The molecule has 1 aromatic heterocycles. The van der Waals surface area contributed by atoms with Gasteiger partial charge in [0.2, 0.25) is 0 Å². The average Bonchev–Trinajstić information content (AvgIpc) is 2.53. The van der Waals surface area contributed by atoms with Gasteiger partial charge in [-0.25, -0.2) is 4.98 Å². The molecule has 0 N–H and O–H groups in total. The number of benzene rings is 1. The second-order valence-corrected chi connectivity index (χ2v) is 6.35. The van der Waals surface area contributed by atoms with Crippen molar-refractivity contribution in [2.75, 3.05) is 36.0 Å². The fourth-order valence-corrected chi connectivity index (χ4v) is 3.22. The van der Waals surface area contributed by atoms with E-state index in [9.17, 15) is 10.1 Å². The molecule has 6 nitrogen and oxygen atoms in total. The normalized spacial score (nSPS) is 14.8. The number of anilines is 2. The van der Waals surface area contributed by atoms with Crippen LogP contribution in [0.25, 0.3) is 0 Å². The predicted octanol–water partition coefficient (Wildman–Crippen LogP) is 3.24. The zero-order valence-electron chi connectivity index (χ0n) is 14.3. The van der Waals surface area contributed by atoms with Crippen LogP contribution in [0.4, 0.5) is 17.2 Å². The smallest absolute Gasteiger partial charge is 0.272 e. The molecule has 6 heteroatoms. The summed E-state index contributed by atoms with van der Waals surface area (Å²) in [5.41, 5.74) is 4.20. The lowest BCUT2D eigenvalue weighted by atomic mass is 10.1. The Morgan fingerprint density at radius 2 is 1.67 bits per heavy atom. The molecule has 3 rings (SSSR count). The van der Waals surface area contributed by atoms with Crippen LogP contribution in [0, 0.1) is 30.9 Å². The van der Waals surface area contributed by atoms with Crippen molar-refractivity contribution >= 4 is 17.2 Å². The first kappa shape index (κ1) is 16.2. The Hall–Kier alpha value is -2.63. The van der Waals surface area contributed by atoms with E-state index in [1.54, 1.807) is 13.0 Å². The van der Waals surface area contributed by atoms with Gasteiger partial charge in [0.25, 0.3) is 5.69 Å². The van der Waals surface area contributed by atoms with Crippen LogP contribution in [0.5, 0.6) is 0 Å². The first-order chi connectivity index (χ1) is 11.4. The number of pyridine rings is 1. The molecular weight excluding hydrogens is 304 g/mol. The summed E-state index contributed by atoms with van der Waals surface area (Å²) >= 11 is 0. The number of aromatic nitrogens is 1. The lowest BCUT2D eigenvalue weighted by molar-refractivity contribution is -0.385. The first-order valence-electron chi connectivity index (χ1n) is 8.14. The summed E-state index contributed by atoms with van der Waals surface area (Å²) < 4.78 is 0. The van der Waals surface area contributed by atoms with Crippen molar-refractivity contribution in [1.82, 2.24) is 4.98 Å². The van der Waals surface area contributed by atoms with E-state index < -0.39 is 0 Å². The van der Waals surface area contributed by atoms with Gasteiger partial charge in [-0.2, -0.15) is 0 Å². The zero-order valence-corrected chi connectivity index (χ0v) is 14.3. The molecule has 1 aromatic carbocycles. The quantitative estimate of drug-likeness (QED) is 0.640. The maximum Gasteiger partial charge on any atom is 0.272 e. The maximum absolute atomic E-state index is 10.9. The SMILES string of the molecule is Cc1cc(C)nc(N2CCN(c3ccc([N+](=O)[O-])c(C)c3)CC2)c1. The Kier molecular flexibility index (Phi) is 4.38. The highest BCUT2D eigenvalue weighted by Crippen LogP contribution is 2.26. The van der Waals surface area contributed by atoms with E-state index in [1.807, 2.05) is 19.1 Å². The van der Waals surface area contributed by atoms with Crippen LogP contribution in [0.3, 0.4) is 0 Å². The Bertz CT molecular complexity index is 747. The summed E-state index contributed by atoms with van der Waals surface area (Å²) in [7, 11) is 0. The molecule has 0 unspecified atom stereocenters. The molecule has 0 radical (unpaired) electrons. The molecule has 1 fully saturated rings. The van der Waals surface area contributed by atoms with Crippen molar-refractivity contribution in [2.45, 2.75) is 20.8 Å². The molecule has 2 heterocycles. The van der Waals surface area contributed by atoms with Gasteiger partial charge in [-0.1, -0.05) is 0 Å². The van der Waals surface area contributed by atoms with Gasteiger partial charge >= 0.3 is 0 Å². The van der Waals surface area contributed by atoms with E-state index in [0.29, 0.717) is 5.56 Å². The largest absolute Gasteiger partial charge is 0.368 e. The standard InChI is InChI=1S/C18H22N4O2/c1-13-10-15(3)19-18(11-13)21-8-6-20(7-9-21)16-4-5-17(22(23)24)14(2)12-16/h4-5,10-12H,6-9H2,1-3H3. The topological polar surface area (TPSA) is 62.5 Å². The van der Waals surface area contributed by atoms with Gasteiger partial charge in [0.15, 0.2) is 0 Å². The highest BCUT2D eigenvalue weighted by Gasteiger charge is 2.20. The highest BCUT2D eigenvalue weighted by atomic mass is 16.6. The summed E-state index contributed by atoms with van der Waals surface area (Å²) in [6.45, 7) is 9.45. The number of nitro benzene ring substituents is 1. The first-order valence-corrected chi connectivity index (χ1v) is 8.14. The minimum Gasteiger partial charge on any atom is -0.368 e. The average molecular weight is 326 g/mol. The Labute approximate surface area is 141 Å². The van der Waals surface area contributed by atoms with Crippen molar-refractivity contribution in [2.24, 2.45) is 0 Å². The van der Waals surface area contributed by atoms with Crippen molar-refractivity contribution in [3.8, 4) is 0 Å². The summed E-state index contributed by atoms with van der Waals surface area (Å²) in [6.07, 6.45) is 0. The lowest BCUT2D eigenvalue weighted by Crippen LogP contribution is -2.46. The van der Waals surface area contributed by atoms with Crippen LogP contribution in [0.15, 0.2) is 30.3 Å². The van der Waals surface area contributed by atoms with Crippen LogP contribution in [-0.4, -0.2) is 36.1 Å². The third-order valence-electron chi connectivity index (χ3n) is 4.43. The van der Waals surface area contributed by atoms with Gasteiger partial charge < -0.3 is 9.80 Å². The van der Waals surface area contributed by atoms with Gasteiger partial charge in [-0.3, -0.25) is 10.1 Å². The van der Waals surface area contributed by atoms with Crippen LogP contribution in [-0.2, 0) is 0 Å². The third-order valence-corrected chi connectivity index (χ3v) is 4.43. The number of rotatable bonds is 3. The van der Waals surface area contributed by atoms with Gasteiger partial charge in [-0.15, -0.1) is 0 Å². The van der Waals surface area contributed by atoms with Crippen LogP contribution < -0.4 is 9.80 Å². The van der Waals surface area contributed by atoms with E-state index >= 15 is 0 Å². The fourth-order valence-electron chi connectivity index (χ4n) is 3.22. The third kappa shape index (κ3) is 3.32. The zero-order chi connectivity index (χ0) is 17.3. The molecule has 0 bridgehead atoms. The number of piperazine rings is 1. The van der Waals surface area contributed by atoms with E-state index in [2.05, 4.69) is 33.8 Å². The summed E-state index contributed by atoms with van der Waals surface area (Å²) in [5.74, 6) is 1.03. The van der Waals surface area contributed by atoms with E-state index in [-0.39, 0.29) is 10.6 Å². The monoisotopic (exact) mass is 326 g/mol. The Morgan fingerprint density at radius 3 is 2.25 bits per heavy atom. The number of hydrogen-bond acceptors (Lipinski definition) is 5. The molecular formula is C18H22N4O2. The summed E-state index contributed by atoms with van der Waals surface area (Å²) in [5, 5.41) is 10.9. The minimum absolute atomic E-state index is 0.178. The molecule has 1 aliphatic heterocycles. The second kappa shape index (κ2) is 6.47. The second-order valence-electron chi connectivity index (χ2n) is 6.35. The van der Waals surface area contributed by atoms with E-state index in [4.69, 9.17) is 0 Å². The van der Waals surface area contributed by atoms with Crippen molar-refractivity contribution < 1.29 is 4.92 Å². The highest BCUT2D eigenvalue weighted by molar-refractivity contribution is 5.56. The van der Waals surface area contributed by atoms with Gasteiger partial charge in [-0.05, 0) is 50.6 Å². The van der Waals surface area contributed by atoms with Crippen molar-refractivity contribution in [3.63, 3.8) is 0 Å². The number of aryl methyl sites for hydroxylation is 3. The van der Waals surface area contributed by atoms with E-state index in [1.165, 1.54) is 5.56 Å². The molecule has 2 aromatic rings. The summed E-state index contributed by atoms with van der Waals surface area (Å²) in [6, 6.07) is 9.55. The van der Waals surface area contributed by atoms with Crippen LogP contribution >= 0.6 is 0 Å². The minimum atomic E-state index is -0.331. The van der Waals surface area contributed by atoms with Crippen LogP contribution in [0.1, 0.15) is 16.8 Å². The molecule has 0 atom stereocenters. The number of hydrogen-bond donors (Lipinski definition) is 0. The Morgan fingerprint density at radius 1 is 1.00 bits per heavy atom. The molecule has 0 spiro atoms. The van der Waals surface area contributed by atoms with Gasteiger partial charge in [0.1, 0.15) is 5.82 Å². The molecule has 126 valence electrons. The number of nitro groups is 1. The van der Waals surface area contributed by atoms with Crippen LogP contribution in [0.2, 0.25) is 0 Å². The summed E-state index contributed by atoms with van der Waals surface area (Å²) in [4.78, 5) is 19.8.